The fourth-order valence-electron chi connectivity index (χ4n) is 6.41. The standard InChI is InChI=1S/C31H36F4N8O2/c1-4-27(44)43-15-14-41-12-10-40(18-21(41)19-43)11-13-42-9-8-25(30(45)39(3)26-7-5-6-24(32)28(26)42)38-29-22(17-36)23(31(33,34)35)16-20(2)37-29/h4-7,16,21,25H,1,8-15,18-19H2,2-3H3,(H,37,38)/t21-,25-/m0/s1. The second-order valence-corrected chi connectivity index (χ2v) is 11.6. The Labute approximate surface area is 259 Å². The number of alkyl halides is 3. The molecule has 0 saturated carbocycles. The molecule has 1 N–H and O–H groups in total. The van der Waals surface area contributed by atoms with Crippen molar-refractivity contribution in [2.75, 3.05) is 81.1 Å². The number of para-hydroxylation sites is 1. The second-order valence-electron chi connectivity index (χ2n) is 11.6. The number of nitriles is 1. The normalized spacial score (nSPS) is 21.4. The number of carbonyl (C=O) groups excluding carboxylic acids is 2. The fourth-order valence-corrected chi connectivity index (χ4v) is 6.41. The van der Waals surface area contributed by atoms with E-state index in [9.17, 15) is 28.0 Å². The highest BCUT2D eigenvalue weighted by Gasteiger charge is 2.38. The van der Waals surface area contributed by atoms with Crippen LogP contribution >= 0.6 is 0 Å². The van der Waals surface area contributed by atoms with Crippen molar-refractivity contribution in [2.45, 2.75) is 31.6 Å². The lowest BCUT2D eigenvalue weighted by Crippen LogP contribution is -2.63. The van der Waals surface area contributed by atoms with Crippen LogP contribution in [-0.2, 0) is 15.8 Å². The number of nitrogens with zero attached hydrogens (tertiary/aromatic N) is 7. The molecule has 2 fully saturated rings. The number of benzene rings is 1. The SMILES string of the molecule is C=CC(=O)N1CCN2CCN(CCN3CC[C@H](Nc4nc(C)cc(C(F)(F)F)c4C#N)C(=O)N(C)c4cccc(F)c43)C[C@H]2C1. The smallest absolute Gasteiger partial charge is 0.366 e. The third-order valence-electron chi connectivity index (χ3n) is 8.78. The maximum atomic E-state index is 15.4. The summed E-state index contributed by atoms with van der Waals surface area (Å²) in [5.74, 6) is -1.39. The Bertz CT molecular complexity index is 1510. The molecule has 0 spiro atoms. The number of rotatable bonds is 6. The van der Waals surface area contributed by atoms with Gasteiger partial charge in [0.25, 0.3) is 0 Å². The van der Waals surface area contributed by atoms with E-state index in [0.717, 1.165) is 32.2 Å². The number of hydrogen-bond acceptors (Lipinski definition) is 8. The maximum absolute atomic E-state index is 15.4. The molecule has 2 saturated heterocycles. The van der Waals surface area contributed by atoms with Crippen molar-refractivity contribution in [2.24, 2.45) is 0 Å². The molecule has 1 aromatic heterocycles. The molecule has 240 valence electrons. The lowest BCUT2D eigenvalue weighted by atomic mass is 10.0. The molecular weight excluding hydrogens is 592 g/mol. The fraction of sp³-hybridized carbons (Fsp3) is 0.484. The van der Waals surface area contributed by atoms with Gasteiger partial charge in [0.2, 0.25) is 11.8 Å². The summed E-state index contributed by atoms with van der Waals surface area (Å²) in [6.45, 7) is 10.7. The number of carbonyl (C=O) groups is 2. The summed E-state index contributed by atoms with van der Waals surface area (Å²) in [5, 5.41) is 12.4. The highest BCUT2D eigenvalue weighted by molar-refractivity contribution is 6.01. The lowest BCUT2D eigenvalue weighted by molar-refractivity contribution is -0.137. The average molecular weight is 629 g/mol. The van der Waals surface area contributed by atoms with E-state index in [-0.39, 0.29) is 42.1 Å². The molecule has 5 rings (SSSR count). The number of likely N-dealkylation sites (N-methyl/N-ethyl adjacent to an activating group) is 1. The summed E-state index contributed by atoms with van der Waals surface area (Å²) < 4.78 is 56.6. The number of nitrogens with one attached hydrogen (secondary N) is 1. The minimum atomic E-state index is -4.78. The van der Waals surface area contributed by atoms with E-state index in [0.29, 0.717) is 31.9 Å². The van der Waals surface area contributed by atoms with Crippen LogP contribution in [0.15, 0.2) is 36.9 Å². The van der Waals surface area contributed by atoms with Crippen LogP contribution in [0.1, 0.15) is 23.2 Å². The number of piperazine rings is 2. The molecule has 4 heterocycles. The summed E-state index contributed by atoms with van der Waals surface area (Å²) in [6, 6.07) is 6.01. The first-order valence-electron chi connectivity index (χ1n) is 14.9. The summed E-state index contributed by atoms with van der Waals surface area (Å²) in [4.78, 5) is 39.6. The van der Waals surface area contributed by atoms with Crippen molar-refractivity contribution < 1.29 is 27.2 Å². The number of aryl methyl sites for hydroxylation is 1. The third-order valence-corrected chi connectivity index (χ3v) is 8.78. The molecule has 10 nitrogen and oxygen atoms in total. The van der Waals surface area contributed by atoms with Crippen LogP contribution in [0.4, 0.5) is 34.8 Å². The van der Waals surface area contributed by atoms with Gasteiger partial charge in [0, 0.05) is 77.7 Å². The zero-order valence-corrected chi connectivity index (χ0v) is 25.3. The van der Waals surface area contributed by atoms with Crippen LogP contribution in [0, 0.1) is 24.1 Å². The zero-order chi connectivity index (χ0) is 32.5. The molecule has 45 heavy (non-hydrogen) atoms. The molecule has 0 unspecified atom stereocenters. The van der Waals surface area contributed by atoms with Crippen LogP contribution in [0.5, 0.6) is 0 Å². The quantitative estimate of drug-likeness (QED) is 0.385. The van der Waals surface area contributed by atoms with Crippen LogP contribution in [-0.4, -0.2) is 110 Å². The van der Waals surface area contributed by atoms with Gasteiger partial charge in [-0.25, -0.2) is 9.37 Å². The van der Waals surface area contributed by atoms with Gasteiger partial charge in [-0.2, -0.15) is 18.4 Å². The van der Waals surface area contributed by atoms with Crippen molar-refractivity contribution in [3.8, 4) is 6.07 Å². The van der Waals surface area contributed by atoms with Gasteiger partial charge in [-0.05, 0) is 37.6 Å². The summed E-state index contributed by atoms with van der Waals surface area (Å²) in [6.07, 6.45) is -3.33. The Morgan fingerprint density at radius 2 is 1.93 bits per heavy atom. The van der Waals surface area contributed by atoms with Crippen molar-refractivity contribution in [3.05, 3.63) is 59.6 Å². The molecule has 0 radical (unpaired) electrons. The summed E-state index contributed by atoms with van der Waals surface area (Å²) >= 11 is 0. The number of fused-ring (bicyclic) bond motifs is 2. The van der Waals surface area contributed by atoms with Gasteiger partial charge in [0.1, 0.15) is 29.3 Å². The highest BCUT2D eigenvalue weighted by Crippen LogP contribution is 2.37. The molecule has 0 aliphatic carbocycles. The first-order valence-corrected chi connectivity index (χ1v) is 14.9. The molecule has 3 aliphatic rings. The van der Waals surface area contributed by atoms with E-state index in [1.807, 2.05) is 4.90 Å². The topological polar surface area (TPSA) is 99.0 Å². The molecule has 1 aromatic carbocycles. The number of aromatic nitrogens is 1. The van der Waals surface area contributed by atoms with Gasteiger partial charge in [-0.1, -0.05) is 12.6 Å². The van der Waals surface area contributed by atoms with Gasteiger partial charge in [0.05, 0.1) is 16.9 Å². The molecule has 14 heteroatoms. The molecule has 3 aliphatic heterocycles. The number of pyridine rings is 1. The molecule has 2 atom stereocenters. The molecular formula is C31H36F4N8O2. The van der Waals surface area contributed by atoms with Crippen molar-refractivity contribution in [1.82, 2.24) is 19.7 Å². The van der Waals surface area contributed by atoms with Crippen LogP contribution in [0.3, 0.4) is 0 Å². The van der Waals surface area contributed by atoms with Crippen LogP contribution in [0.25, 0.3) is 0 Å². The molecule has 0 bridgehead atoms. The van der Waals surface area contributed by atoms with Crippen molar-refractivity contribution in [1.29, 1.82) is 5.26 Å². The number of anilines is 3. The lowest BCUT2D eigenvalue weighted by Gasteiger charge is -2.47. The van der Waals surface area contributed by atoms with Gasteiger partial charge in [-0.15, -0.1) is 0 Å². The van der Waals surface area contributed by atoms with Crippen molar-refractivity contribution >= 4 is 29.0 Å². The Hall–Kier alpha value is -4.22. The Kier molecular flexibility index (Phi) is 9.31. The van der Waals surface area contributed by atoms with E-state index < -0.39 is 35.1 Å². The Morgan fingerprint density at radius 1 is 1.18 bits per heavy atom. The minimum Gasteiger partial charge on any atom is -0.366 e. The average Bonchev–Trinajstić information content (AvgIpc) is 3.01. The van der Waals surface area contributed by atoms with Gasteiger partial charge in [0.15, 0.2) is 0 Å². The number of halogens is 4. The van der Waals surface area contributed by atoms with Crippen molar-refractivity contribution in [3.63, 3.8) is 0 Å². The minimum absolute atomic E-state index is 0.0413. The first-order chi connectivity index (χ1) is 21.4. The van der Waals surface area contributed by atoms with Gasteiger partial charge < -0.3 is 20.0 Å². The summed E-state index contributed by atoms with van der Waals surface area (Å²) in [5.41, 5.74) is -1.17. The van der Waals surface area contributed by atoms with Crippen LogP contribution in [0.2, 0.25) is 0 Å². The maximum Gasteiger partial charge on any atom is 0.417 e. The van der Waals surface area contributed by atoms with Gasteiger partial charge >= 0.3 is 6.18 Å². The van der Waals surface area contributed by atoms with Crippen LogP contribution < -0.4 is 15.1 Å². The molecule has 2 amide bonds. The Morgan fingerprint density at radius 3 is 2.64 bits per heavy atom. The summed E-state index contributed by atoms with van der Waals surface area (Å²) in [7, 11) is 1.49. The van der Waals surface area contributed by atoms with Gasteiger partial charge in [-0.3, -0.25) is 19.4 Å². The zero-order valence-electron chi connectivity index (χ0n) is 25.3. The number of amides is 2. The monoisotopic (exact) mass is 628 g/mol. The Balaban J connectivity index is 1.36. The number of hydrogen-bond donors (Lipinski definition) is 1. The largest absolute Gasteiger partial charge is 0.417 e. The molecule has 2 aromatic rings. The van der Waals surface area contributed by atoms with E-state index in [1.165, 1.54) is 37.1 Å². The first kappa shape index (κ1) is 32.2. The van der Waals surface area contributed by atoms with E-state index >= 15 is 4.39 Å². The van der Waals surface area contributed by atoms with E-state index in [4.69, 9.17) is 0 Å². The van der Waals surface area contributed by atoms with E-state index in [2.05, 4.69) is 26.7 Å². The predicted molar refractivity (Wildman–Crippen MR) is 161 cm³/mol. The second kappa shape index (κ2) is 13.0. The predicted octanol–water partition coefficient (Wildman–Crippen LogP) is 3.09. The third kappa shape index (κ3) is 6.74. The van der Waals surface area contributed by atoms with E-state index in [1.54, 1.807) is 17.0 Å². The highest BCUT2D eigenvalue weighted by atomic mass is 19.4.